The van der Waals surface area contributed by atoms with Gasteiger partial charge in [0.1, 0.15) is 0 Å². The van der Waals surface area contributed by atoms with Crippen LogP contribution in [0.15, 0.2) is 42.5 Å². The van der Waals surface area contributed by atoms with Gasteiger partial charge < -0.3 is 5.32 Å². The Morgan fingerprint density at radius 2 is 1.66 bits per heavy atom. The van der Waals surface area contributed by atoms with Gasteiger partial charge in [0, 0.05) is 10.6 Å². The standard InChI is InChI=1S/C19H18Cl2F3N3O2/c1-18(2,3)27(16(28)11-5-4-6-12(9-11)19(22,23)24)26-17(29)25-15-10-13(20)7-8-14(15)21/h4-10H,1-3H3,(H2,25,26,29). The highest BCUT2D eigenvalue weighted by Crippen LogP contribution is 2.30. The molecule has 2 rings (SSSR count). The number of rotatable bonds is 2. The molecule has 0 spiro atoms. The van der Waals surface area contributed by atoms with E-state index in [-0.39, 0.29) is 16.3 Å². The number of urea groups is 1. The maximum absolute atomic E-state index is 13.0. The fraction of sp³-hybridized carbons (Fsp3) is 0.263. The second-order valence-corrected chi connectivity index (χ2v) is 7.92. The predicted octanol–water partition coefficient (Wildman–Crippen LogP) is 5.99. The molecule has 3 amide bonds. The Morgan fingerprint density at radius 3 is 2.24 bits per heavy atom. The first-order valence-electron chi connectivity index (χ1n) is 8.33. The highest BCUT2D eigenvalue weighted by atomic mass is 35.5. The van der Waals surface area contributed by atoms with Crippen molar-refractivity contribution >= 4 is 40.8 Å². The molecule has 2 aromatic rings. The Morgan fingerprint density at radius 1 is 1.00 bits per heavy atom. The van der Waals surface area contributed by atoms with Crippen LogP contribution in [0, 0.1) is 0 Å². The van der Waals surface area contributed by atoms with Gasteiger partial charge in [-0.1, -0.05) is 29.3 Å². The molecule has 0 unspecified atom stereocenters. The molecule has 0 aliphatic heterocycles. The molecule has 0 aliphatic carbocycles. The monoisotopic (exact) mass is 447 g/mol. The molecule has 0 radical (unpaired) electrons. The quantitative estimate of drug-likeness (QED) is 0.555. The normalized spacial score (nSPS) is 11.7. The third kappa shape index (κ3) is 6.01. The van der Waals surface area contributed by atoms with E-state index in [0.29, 0.717) is 5.02 Å². The number of hydrogen-bond donors (Lipinski definition) is 2. The average Bonchev–Trinajstić information content (AvgIpc) is 2.60. The topological polar surface area (TPSA) is 61.4 Å². The fourth-order valence-electron chi connectivity index (χ4n) is 2.33. The number of carbonyl (C=O) groups excluding carboxylic acids is 2. The molecule has 0 saturated carbocycles. The molecular weight excluding hydrogens is 430 g/mol. The van der Waals surface area contributed by atoms with Gasteiger partial charge in [0.25, 0.3) is 5.91 Å². The van der Waals surface area contributed by atoms with E-state index < -0.39 is 29.2 Å². The van der Waals surface area contributed by atoms with Gasteiger partial charge in [0.05, 0.1) is 21.8 Å². The third-order valence-corrected chi connectivity index (χ3v) is 4.27. The van der Waals surface area contributed by atoms with Crippen molar-refractivity contribution in [2.24, 2.45) is 0 Å². The van der Waals surface area contributed by atoms with Crippen molar-refractivity contribution in [1.82, 2.24) is 10.4 Å². The molecule has 156 valence electrons. The number of hydrogen-bond acceptors (Lipinski definition) is 2. The molecule has 0 bridgehead atoms. The zero-order valence-corrected chi connectivity index (χ0v) is 17.2. The maximum atomic E-state index is 13.0. The van der Waals surface area contributed by atoms with Crippen LogP contribution in [0.3, 0.4) is 0 Å². The van der Waals surface area contributed by atoms with E-state index in [1.807, 2.05) is 0 Å². The summed E-state index contributed by atoms with van der Waals surface area (Å²) in [7, 11) is 0. The van der Waals surface area contributed by atoms with Crippen LogP contribution in [0.5, 0.6) is 0 Å². The largest absolute Gasteiger partial charge is 0.416 e. The third-order valence-electron chi connectivity index (χ3n) is 3.70. The van der Waals surface area contributed by atoms with Gasteiger partial charge in [-0.3, -0.25) is 4.79 Å². The Kier molecular flexibility index (Phi) is 6.70. The number of anilines is 1. The zero-order valence-electron chi connectivity index (χ0n) is 15.7. The van der Waals surface area contributed by atoms with Gasteiger partial charge in [0.2, 0.25) is 0 Å². The molecule has 0 aliphatic rings. The second-order valence-electron chi connectivity index (χ2n) is 7.08. The highest BCUT2D eigenvalue weighted by Gasteiger charge is 2.33. The average molecular weight is 448 g/mol. The van der Waals surface area contributed by atoms with Gasteiger partial charge in [-0.2, -0.15) is 13.2 Å². The Balaban J connectivity index is 2.27. The van der Waals surface area contributed by atoms with Gasteiger partial charge in [0.15, 0.2) is 0 Å². The van der Waals surface area contributed by atoms with Crippen molar-refractivity contribution < 1.29 is 22.8 Å². The van der Waals surface area contributed by atoms with Crippen LogP contribution in [-0.4, -0.2) is 22.5 Å². The predicted molar refractivity (Wildman–Crippen MR) is 106 cm³/mol. The molecule has 0 atom stereocenters. The zero-order chi connectivity index (χ0) is 22.0. The van der Waals surface area contributed by atoms with E-state index in [0.717, 1.165) is 23.2 Å². The summed E-state index contributed by atoms with van der Waals surface area (Å²) < 4.78 is 38.9. The van der Waals surface area contributed by atoms with Crippen molar-refractivity contribution in [2.45, 2.75) is 32.5 Å². The van der Waals surface area contributed by atoms with Crippen molar-refractivity contribution in [3.8, 4) is 0 Å². The maximum Gasteiger partial charge on any atom is 0.416 e. The molecule has 0 aromatic heterocycles. The van der Waals surface area contributed by atoms with Crippen LogP contribution in [-0.2, 0) is 6.18 Å². The molecule has 0 heterocycles. The molecule has 5 nitrogen and oxygen atoms in total. The summed E-state index contributed by atoms with van der Waals surface area (Å²) in [5, 5.41) is 3.95. The summed E-state index contributed by atoms with van der Waals surface area (Å²) in [5.41, 5.74) is 0.430. The number of halogens is 5. The highest BCUT2D eigenvalue weighted by molar-refractivity contribution is 6.35. The van der Waals surface area contributed by atoms with Crippen LogP contribution in [0.2, 0.25) is 10.0 Å². The van der Waals surface area contributed by atoms with E-state index >= 15 is 0 Å². The molecule has 2 aromatic carbocycles. The summed E-state index contributed by atoms with van der Waals surface area (Å²) in [4.78, 5) is 25.2. The van der Waals surface area contributed by atoms with Gasteiger partial charge in [-0.05, 0) is 57.2 Å². The van der Waals surface area contributed by atoms with Crippen molar-refractivity contribution in [1.29, 1.82) is 0 Å². The van der Waals surface area contributed by atoms with E-state index in [2.05, 4.69) is 10.7 Å². The van der Waals surface area contributed by atoms with Gasteiger partial charge in [-0.15, -0.1) is 0 Å². The Labute approximate surface area is 175 Å². The first kappa shape index (κ1) is 22.8. The molecule has 0 saturated heterocycles. The van der Waals surface area contributed by atoms with Gasteiger partial charge in [-0.25, -0.2) is 15.2 Å². The number of nitrogens with one attached hydrogen (secondary N) is 2. The lowest BCUT2D eigenvalue weighted by molar-refractivity contribution is -0.137. The van der Waals surface area contributed by atoms with E-state index in [1.165, 1.54) is 24.3 Å². The molecule has 29 heavy (non-hydrogen) atoms. The van der Waals surface area contributed by atoms with Crippen molar-refractivity contribution in [2.75, 3.05) is 5.32 Å². The van der Waals surface area contributed by atoms with Crippen LogP contribution in [0.25, 0.3) is 0 Å². The number of hydrazine groups is 1. The van der Waals surface area contributed by atoms with Crippen molar-refractivity contribution in [3.05, 3.63) is 63.6 Å². The van der Waals surface area contributed by atoms with Crippen LogP contribution in [0.4, 0.5) is 23.7 Å². The Hall–Kier alpha value is -2.45. The first-order chi connectivity index (χ1) is 13.3. The fourth-order valence-corrected chi connectivity index (χ4v) is 2.66. The van der Waals surface area contributed by atoms with E-state index in [9.17, 15) is 22.8 Å². The van der Waals surface area contributed by atoms with Crippen LogP contribution >= 0.6 is 23.2 Å². The van der Waals surface area contributed by atoms with Gasteiger partial charge >= 0.3 is 12.2 Å². The summed E-state index contributed by atoms with van der Waals surface area (Å²) in [6.07, 6.45) is -4.60. The number of amides is 3. The lowest BCUT2D eigenvalue weighted by Crippen LogP contribution is -2.56. The number of benzene rings is 2. The lowest BCUT2D eigenvalue weighted by Gasteiger charge is -2.35. The minimum Gasteiger partial charge on any atom is -0.305 e. The lowest BCUT2D eigenvalue weighted by atomic mass is 10.0. The van der Waals surface area contributed by atoms with E-state index in [4.69, 9.17) is 23.2 Å². The molecule has 10 heteroatoms. The number of nitrogens with zero attached hydrogens (tertiary/aromatic N) is 1. The van der Waals surface area contributed by atoms with Crippen LogP contribution in [0.1, 0.15) is 36.7 Å². The SMILES string of the molecule is CC(C)(C)N(NC(=O)Nc1cc(Cl)ccc1Cl)C(=O)c1cccc(C(F)(F)F)c1. The molecular formula is C19H18Cl2F3N3O2. The summed E-state index contributed by atoms with van der Waals surface area (Å²) in [6.45, 7) is 4.85. The minimum absolute atomic E-state index is 0.206. The minimum atomic E-state index is -4.60. The number of alkyl halides is 3. The summed E-state index contributed by atoms with van der Waals surface area (Å²) >= 11 is 11.9. The smallest absolute Gasteiger partial charge is 0.305 e. The second kappa shape index (κ2) is 8.51. The number of carbonyl (C=O) groups is 2. The first-order valence-corrected chi connectivity index (χ1v) is 9.09. The van der Waals surface area contributed by atoms with Crippen molar-refractivity contribution in [3.63, 3.8) is 0 Å². The molecule has 2 N–H and O–H groups in total. The summed E-state index contributed by atoms with van der Waals surface area (Å²) in [6, 6.07) is 7.57. The summed E-state index contributed by atoms with van der Waals surface area (Å²) in [5.74, 6) is -0.809. The molecule has 0 fully saturated rings. The van der Waals surface area contributed by atoms with E-state index in [1.54, 1.807) is 20.8 Å². The Bertz CT molecular complexity index is 928. The van der Waals surface area contributed by atoms with Crippen LogP contribution < -0.4 is 10.7 Å².